The number of aromatic nitrogens is 4. The first kappa shape index (κ1) is 15.9. The van der Waals surface area contributed by atoms with E-state index in [9.17, 15) is 17.2 Å². The van der Waals surface area contributed by atoms with Crippen LogP contribution < -0.4 is 4.72 Å². The third-order valence-electron chi connectivity index (χ3n) is 3.82. The molecule has 0 bridgehead atoms. The minimum absolute atomic E-state index is 0.0382. The lowest BCUT2D eigenvalue weighted by molar-refractivity contribution is 0.146. The molecule has 2 aromatic heterocycles. The van der Waals surface area contributed by atoms with Crippen LogP contribution in [0.3, 0.4) is 0 Å². The van der Waals surface area contributed by atoms with Crippen molar-refractivity contribution in [1.29, 1.82) is 0 Å². The lowest BCUT2D eigenvalue weighted by Gasteiger charge is -2.12. The fraction of sp³-hybridized carbons (Fsp3) is 0.538. The summed E-state index contributed by atoms with van der Waals surface area (Å²) in [7, 11) is -1.02. The topological polar surface area (TPSA) is 81.8 Å². The SMILES string of the molecule is Cn1cc(NS(=O)(=O)c2c3c(nn2C)CCCC3)c(C(F)F)n1. The van der Waals surface area contributed by atoms with Crippen molar-refractivity contribution >= 4 is 15.7 Å². The molecule has 0 radical (unpaired) electrons. The molecule has 0 aliphatic heterocycles. The Kier molecular flexibility index (Phi) is 3.86. The van der Waals surface area contributed by atoms with Gasteiger partial charge in [-0.2, -0.15) is 18.6 Å². The van der Waals surface area contributed by atoms with E-state index in [2.05, 4.69) is 14.9 Å². The van der Waals surface area contributed by atoms with Gasteiger partial charge in [-0.3, -0.25) is 14.1 Å². The first-order valence-corrected chi connectivity index (χ1v) is 8.67. The Morgan fingerprint density at radius 1 is 1.22 bits per heavy atom. The van der Waals surface area contributed by atoms with Crippen molar-refractivity contribution in [2.24, 2.45) is 14.1 Å². The monoisotopic (exact) mass is 345 g/mol. The van der Waals surface area contributed by atoms with Gasteiger partial charge in [0.2, 0.25) is 0 Å². The van der Waals surface area contributed by atoms with E-state index >= 15 is 0 Å². The maximum Gasteiger partial charge on any atom is 0.284 e. The van der Waals surface area contributed by atoms with Gasteiger partial charge in [0.25, 0.3) is 16.4 Å². The Bertz CT molecular complexity index is 841. The number of sulfonamides is 1. The highest BCUT2D eigenvalue weighted by Crippen LogP contribution is 2.30. The molecule has 0 aromatic carbocycles. The highest BCUT2D eigenvalue weighted by Gasteiger charge is 2.30. The number of halogens is 2. The number of aryl methyl sites for hydroxylation is 3. The number of fused-ring (bicyclic) bond motifs is 1. The second-order valence-corrected chi connectivity index (χ2v) is 7.17. The van der Waals surface area contributed by atoms with Gasteiger partial charge in [-0.25, -0.2) is 8.78 Å². The van der Waals surface area contributed by atoms with Crippen LogP contribution in [0, 0.1) is 0 Å². The average molecular weight is 345 g/mol. The zero-order valence-corrected chi connectivity index (χ0v) is 13.6. The molecule has 0 fully saturated rings. The number of nitrogens with one attached hydrogen (secondary N) is 1. The van der Waals surface area contributed by atoms with Crippen molar-refractivity contribution in [3.05, 3.63) is 23.1 Å². The average Bonchev–Trinajstić information content (AvgIpc) is 2.97. The molecule has 1 aliphatic rings. The van der Waals surface area contributed by atoms with E-state index in [1.54, 1.807) is 7.05 Å². The van der Waals surface area contributed by atoms with Gasteiger partial charge < -0.3 is 0 Å². The van der Waals surface area contributed by atoms with Crippen LogP contribution >= 0.6 is 0 Å². The van der Waals surface area contributed by atoms with Crippen molar-refractivity contribution in [2.45, 2.75) is 37.1 Å². The Hall–Kier alpha value is -1.97. The maximum atomic E-state index is 13.0. The van der Waals surface area contributed by atoms with E-state index in [-0.39, 0.29) is 10.7 Å². The first-order chi connectivity index (χ1) is 10.8. The zero-order valence-electron chi connectivity index (χ0n) is 12.8. The molecule has 2 aromatic rings. The van der Waals surface area contributed by atoms with Crippen molar-refractivity contribution < 1.29 is 17.2 Å². The number of hydrogen-bond donors (Lipinski definition) is 1. The Labute approximate surface area is 132 Å². The van der Waals surface area contributed by atoms with Gasteiger partial charge in [-0.05, 0) is 25.7 Å². The first-order valence-electron chi connectivity index (χ1n) is 7.19. The molecule has 0 saturated heterocycles. The molecule has 126 valence electrons. The van der Waals surface area contributed by atoms with Gasteiger partial charge in [-0.15, -0.1) is 0 Å². The number of alkyl halides is 2. The molecule has 23 heavy (non-hydrogen) atoms. The van der Waals surface area contributed by atoms with Crippen LogP contribution in [-0.2, 0) is 37.0 Å². The molecule has 10 heteroatoms. The smallest absolute Gasteiger partial charge is 0.275 e. The quantitative estimate of drug-likeness (QED) is 0.916. The van der Waals surface area contributed by atoms with Crippen molar-refractivity contribution in [3.63, 3.8) is 0 Å². The molecule has 1 N–H and O–H groups in total. The normalized spacial score (nSPS) is 15.0. The minimum Gasteiger partial charge on any atom is -0.275 e. The molecule has 0 atom stereocenters. The summed E-state index contributed by atoms with van der Waals surface area (Å²) >= 11 is 0. The number of anilines is 1. The minimum atomic E-state index is -4.02. The number of hydrogen-bond acceptors (Lipinski definition) is 4. The molecule has 0 saturated carbocycles. The van der Waals surface area contributed by atoms with E-state index in [4.69, 9.17) is 0 Å². The van der Waals surface area contributed by atoms with Crippen LogP contribution in [0.5, 0.6) is 0 Å². The molecule has 2 heterocycles. The standard InChI is InChI=1S/C13H17F2N5O2S/c1-19-7-10(11(17-19)12(14)15)18-23(21,22)13-8-5-3-4-6-9(8)16-20(13)2/h7,12,18H,3-6H2,1-2H3. The third kappa shape index (κ3) is 2.82. The van der Waals surface area contributed by atoms with E-state index in [1.807, 2.05) is 0 Å². The summed E-state index contributed by atoms with van der Waals surface area (Å²) in [5.74, 6) is 0. The second-order valence-electron chi connectivity index (χ2n) is 5.57. The molecular weight excluding hydrogens is 328 g/mol. The summed E-state index contributed by atoms with van der Waals surface area (Å²) in [5, 5.41) is 7.89. The van der Waals surface area contributed by atoms with E-state index in [0.717, 1.165) is 29.6 Å². The van der Waals surface area contributed by atoms with Crippen LogP contribution in [-0.4, -0.2) is 28.0 Å². The van der Waals surface area contributed by atoms with Crippen LogP contribution in [0.4, 0.5) is 14.5 Å². The van der Waals surface area contributed by atoms with Crippen molar-refractivity contribution in [2.75, 3.05) is 4.72 Å². The van der Waals surface area contributed by atoms with Gasteiger partial charge in [-0.1, -0.05) is 0 Å². The second kappa shape index (κ2) is 5.59. The Morgan fingerprint density at radius 2 is 1.91 bits per heavy atom. The summed E-state index contributed by atoms with van der Waals surface area (Å²) in [4.78, 5) is 0. The molecular formula is C13H17F2N5O2S. The maximum absolute atomic E-state index is 13.0. The van der Waals surface area contributed by atoms with Gasteiger partial charge in [0.15, 0.2) is 10.7 Å². The fourth-order valence-electron chi connectivity index (χ4n) is 2.93. The van der Waals surface area contributed by atoms with Crippen LogP contribution in [0.25, 0.3) is 0 Å². The van der Waals surface area contributed by atoms with Crippen molar-refractivity contribution in [3.8, 4) is 0 Å². The predicted octanol–water partition coefficient (Wildman–Crippen LogP) is 1.77. The van der Waals surface area contributed by atoms with E-state index < -0.39 is 22.1 Å². The lowest BCUT2D eigenvalue weighted by Crippen LogP contribution is -2.19. The van der Waals surface area contributed by atoms with Gasteiger partial charge in [0.05, 0.1) is 11.4 Å². The molecule has 7 nitrogen and oxygen atoms in total. The van der Waals surface area contributed by atoms with Gasteiger partial charge in [0.1, 0.15) is 0 Å². The van der Waals surface area contributed by atoms with Gasteiger partial charge in [0, 0.05) is 25.9 Å². The largest absolute Gasteiger partial charge is 0.284 e. The summed E-state index contributed by atoms with van der Waals surface area (Å²) < 4.78 is 56.0. The van der Waals surface area contributed by atoms with Crippen LogP contribution in [0.15, 0.2) is 11.2 Å². The predicted molar refractivity (Wildman–Crippen MR) is 78.8 cm³/mol. The molecule has 0 spiro atoms. The fourth-order valence-corrected chi connectivity index (χ4v) is 4.40. The summed E-state index contributed by atoms with van der Waals surface area (Å²) in [5.41, 5.74) is 0.633. The molecule has 0 unspecified atom stereocenters. The van der Waals surface area contributed by atoms with Crippen LogP contribution in [0.2, 0.25) is 0 Å². The van der Waals surface area contributed by atoms with E-state index in [0.29, 0.717) is 12.0 Å². The van der Waals surface area contributed by atoms with E-state index in [1.165, 1.54) is 17.9 Å². The highest BCUT2D eigenvalue weighted by molar-refractivity contribution is 7.92. The number of rotatable bonds is 4. The third-order valence-corrected chi connectivity index (χ3v) is 5.33. The lowest BCUT2D eigenvalue weighted by atomic mass is 9.99. The number of nitrogens with zero attached hydrogens (tertiary/aromatic N) is 4. The summed E-state index contributed by atoms with van der Waals surface area (Å²) in [6.07, 6.45) is 1.56. The molecule has 0 amide bonds. The Balaban J connectivity index is 2.02. The summed E-state index contributed by atoms with van der Waals surface area (Å²) in [6, 6.07) is 0. The van der Waals surface area contributed by atoms with Gasteiger partial charge >= 0.3 is 0 Å². The zero-order chi connectivity index (χ0) is 16.8. The van der Waals surface area contributed by atoms with Crippen LogP contribution in [0.1, 0.15) is 36.2 Å². The highest BCUT2D eigenvalue weighted by atomic mass is 32.2. The van der Waals surface area contributed by atoms with Crippen molar-refractivity contribution in [1.82, 2.24) is 19.6 Å². The Morgan fingerprint density at radius 3 is 2.61 bits per heavy atom. The molecule has 3 rings (SSSR count). The molecule has 1 aliphatic carbocycles. The summed E-state index contributed by atoms with van der Waals surface area (Å²) in [6.45, 7) is 0.